The first-order valence-electron chi connectivity index (χ1n) is 4.98. The topological polar surface area (TPSA) is 34.1 Å². The first-order chi connectivity index (χ1) is 6.86. The van der Waals surface area contributed by atoms with Crippen molar-refractivity contribution >= 4 is 0 Å². The molecule has 0 aliphatic heterocycles. The molecule has 0 fully saturated rings. The Labute approximate surface area is 85.5 Å². The Hall–Kier alpha value is -0.930. The van der Waals surface area contributed by atoms with Crippen LogP contribution in [0.3, 0.4) is 0 Å². The number of aromatic nitrogens is 1. The van der Waals surface area contributed by atoms with Gasteiger partial charge in [0.1, 0.15) is 0 Å². The molecule has 1 rings (SSSR count). The van der Waals surface area contributed by atoms with Crippen molar-refractivity contribution in [1.82, 2.24) is 10.3 Å². The molecule has 0 aliphatic carbocycles. The largest absolute Gasteiger partial charge is 0.383 e. The lowest BCUT2D eigenvalue weighted by Crippen LogP contribution is -2.31. The molecule has 0 amide bonds. The Morgan fingerprint density at radius 2 is 2.14 bits per heavy atom. The highest BCUT2D eigenvalue weighted by Crippen LogP contribution is 1.98. The zero-order valence-electron chi connectivity index (χ0n) is 8.86. The standard InChI is InChI=1S/C11H18N2O/c1-3-11(9-14-2)13-8-10-4-6-12-7-5-10/h4-7,11,13H,3,8-9H2,1-2H3/t11-/m0/s1. The summed E-state index contributed by atoms with van der Waals surface area (Å²) in [6, 6.07) is 4.48. The van der Waals surface area contributed by atoms with E-state index in [1.165, 1.54) is 5.56 Å². The molecule has 1 aromatic rings. The van der Waals surface area contributed by atoms with Crippen LogP contribution in [0, 0.1) is 0 Å². The van der Waals surface area contributed by atoms with Crippen molar-refractivity contribution in [3.8, 4) is 0 Å². The van der Waals surface area contributed by atoms with Crippen LogP contribution in [0.1, 0.15) is 18.9 Å². The van der Waals surface area contributed by atoms with Gasteiger partial charge in [-0.15, -0.1) is 0 Å². The molecule has 0 saturated heterocycles. The van der Waals surface area contributed by atoms with Crippen LogP contribution in [-0.4, -0.2) is 24.7 Å². The van der Waals surface area contributed by atoms with E-state index in [1.807, 2.05) is 24.5 Å². The zero-order chi connectivity index (χ0) is 10.2. The Bertz CT molecular complexity index is 238. The van der Waals surface area contributed by atoms with Crippen molar-refractivity contribution in [2.75, 3.05) is 13.7 Å². The molecule has 0 saturated carbocycles. The second-order valence-electron chi connectivity index (χ2n) is 3.30. The molecule has 0 spiro atoms. The maximum absolute atomic E-state index is 5.11. The molecule has 0 radical (unpaired) electrons. The number of hydrogen-bond donors (Lipinski definition) is 1. The lowest BCUT2D eigenvalue weighted by Gasteiger charge is -2.15. The van der Waals surface area contributed by atoms with Gasteiger partial charge < -0.3 is 10.1 Å². The number of nitrogens with one attached hydrogen (secondary N) is 1. The van der Waals surface area contributed by atoms with Crippen LogP contribution in [0.15, 0.2) is 24.5 Å². The molecule has 0 bridgehead atoms. The molecule has 3 nitrogen and oxygen atoms in total. The fourth-order valence-electron chi connectivity index (χ4n) is 1.29. The normalized spacial score (nSPS) is 12.7. The van der Waals surface area contributed by atoms with E-state index in [4.69, 9.17) is 4.74 Å². The van der Waals surface area contributed by atoms with E-state index in [2.05, 4.69) is 17.2 Å². The van der Waals surface area contributed by atoms with Crippen LogP contribution in [0.25, 0.3) is 0 Å². The number of hydrogen-bond acceptors (Lipinski definition) is 3. The van der Waals surface area contributed by atoms with E-state index >= 15 is 0 Å². The SMILES string of the molecule is CC[C@@H](COC)NCc1ccncc1. The molecular formula is C11H18N2O. The summed E-state index contributed by atoms with van der Waals surface area (Å²) < 4.78 is 5.11. The van der Waals surface area contributed by atoms with Gasteiger partial charge >= 0.3 is 0 Å². The summed E-state index contributed by atoms with van der Waals surface area (Å²) in [6.45, 7) is 3.80. The maximum atomic E-state index is 5.11. The van der Waals surface area contributed by atoms with Gasteiger partial charge in [-0.25, -0.2) is 0 Å². The first-order valence-corrected chi connectivity index (χ1v) is 4.98. The third-order valence-electron chi connectivity index (χ3n) is 2.20. The van der Waals surface area contributed by atoms with Gasteiger partial charge in [-0.05, 0) is 24.1 Å². The third-order valence-corrected chi connectivity index (χ3v) is 2.20. The second-order valence-corrected chi connectivity index (χ2v) is 3.30. The molecule has 1 atom stereocenters. The summed E-state index contributed by atoms with van der Waals surface area (Å²) in [6.07, 6.45) is 4.71. The average molecular weight is 194 g/mol. The van der Waals surface area contributed by atoms with Gasteiger partial charge in [0.2, 0.25) is 0 Å². The van der Waals surface area contributed by atoms with Crippen molar-refractivity contribution in [1.29, 1.82) is 0 Å². The van der Waals surface area contributed by atoms with Gasteiger partial charge in [0, 0.05) is 32.1 Å². The minimum Gasteiger partial charge on any atom is -0.383 e. The number of rotatable bonds is 6. The van der Waals surface area contributed by atoms with Gasteiger partial charge in [-0.1, -0.05) is 6.92 Å². The number of nitrogens with zero attached hydrogens (tertiary/aromatic N) is 1. The predicted molar refractivity (Wildman–Crippen MR) is 57.0 cm³/mol. The van der Waals surface area contributed by atoms with E-state index in [-0.39, 0.29) is 0 Å². The fourth-order valence-corrected chi connectivity index (χ4v) is 1.29. The van der Waals surface area contributed by atoms with Crippen LogP contribution in [-0.2, 0) is 11.3 Å². The molecule has 1 heterocycles. The van der Waals surface area contributed by atoms with Crippen LogP contribution in [0.2, 0.25) is 0 Å². The van der Waals surface area contributed by atoms with Gasteiger partial charge in [-0.3, -0.25) is 4.98 Å². The van der Waals surface area contributed by atoms with E-state index in [0.29, 0.717) is 6.04 Å². The van der Waals surface area contributed by atoms with Crippen molar-refractivity contribution < 1.29 is 4.74 Å². The Morgan fingerprint density at radius 3 is 2.71 bits per heavy atom. The molecule has 14 heavy (non-hydrogen) atoms. The van der Waals surface area contributed by atoms with Crippen molar-refractivity contribution in [2.45, 2.75) is 25.9 Å². The highest BCUT2D eigenvalue weighted by atomic mass is 16.5. The molecule has 0 unspecified atom stereocenters. The monoisotopic (exact) mass is 194 g/mol. The summed E-state index contributed by atoms with van der Waals surface area (Å²) in [5, 5.41) is 3.43. The predicted octanol–water partition coefficient (Wildman–Crippen LogP) is 1.60. The summed E-state index contributed by atoms with van der Waals surface area (Å²) >= 11 is 0. The summed E-state index contributed by atoms with van der Waals surface area (Å²) in [5.74, 6) is 0. The first kappa shape index (κ1) is 11.1. The van der Waals surface area contributed by atoms with Gasteiger partial charge in [0.05, 0.1) is 6.61 Å². The highest BCUT2D eigenvalue weighted by molar-refractivity contribution is 5.09. The molecule has 1 N–H and O–H groups in total. The molecular weight excluding hydrogens is 176 g/mol. The Morgan fingerprint density at radius 1 is 1.43 bits per heavy atom. The summed E-state index contributed by atoms with van der Waals surface area (Å²) in [7, 11) is 1.73. The quantitative estimate of drug-likeness (QED) is 0.747. The third kappa shape index (κ3) is 3.85. The molecule has 0 aromatic carbocycles. The van der Waals surface area contributed by atoms with E-state index in [1.54, 1.807) is 7.11 Å². The lowest BCUT2D eigenvalue weighted by molar-refractivity contribution is 0.164. The minimum absolute atomic E-state index is 0.438. The number of pyridine rings is 1. The van der Waals surface area contributed by atoms with Crippen LogP contribution < -0.4 is 5.32 Å². The molecule has 0 aliphatic rings. The van der Waals surface area contributed by atoms with Gasteiger partial charge in [-0.2, -0.15) is 0 Å². The smallest absolute Gasteiger partial charge is 0.0615 e. The lowest BCUT2D eigenvalue weighted by atomic mass is 10.2. The molecule has 3 heteroatoms. The van der Waals surface area contributed by atoms with Crippen LogP contribution in [0.5, 0.6) is 0 Å². The van der Waals surface area contributed by atoms with Gasteiger partial charge in [0.15, 0.2) is 0 Å². The maximum Gasteiger partial charge on any atom is 0.0615 e. The van der Waals surface area contributed by atoms with E-state index in [9.17, 15) is 0 Å². The average Bonchev–Trinajstić information content (AvgIpc) is 2.25. The van der Waals surface area contributed by atoms with E-state index < -0.39 is 0 Å². The summed E-state index contributed by atoms with van der Waals surface area (Å²) in [5.41, 5.74) is 1.26. The van der Waals surface area contributed by atoms with Crippen molar-refractivity contribution in [3.63, 3.8) is 0 Å². The zero-order valence-corrected chi connectivity index (χ0v) is 8.86. The van der Waals surface area contributed by atoms with Crippen molar-refractivity contribution in [2.24, 2.45) is 0 Å². The molecule has 78 valence electrons. The van der Waals surface area contributed by atoms with E-state index in [0.717, 1.165) is 19.6 Å². The number of ether oxygens (including phenoxy) is 1. The fraction of sp³-hybridized carbons (Fsp3) is 0.545. The van der Waals surface area contributed by atoms with Crippen LogP contribution in [0.4, 0.5) is 0 Å². The molecule has 1 aromatic heterocycles. The summed E-state index contributed by atoms with van der Waals surface area (Å²) in [4.78, 5) is 3.98. The Kier molecular flexibility index (Phi) is 5.19. The Balaban J connectivity index is 2.32. The van der Waals surface area contributed by atoms with Gasteiger partial charge in [0.25, 0.3) is 0 Å². The number of methoxy groups -OCH3 is 1. The minimum atomic E-state index is 0.438. The highest BCUT2D eigenvalue weighted by Gasteiger charge is 2.03. The second kappa shape index (κ2) is 6.51. The van der Waals surface area contributed by atoms with Crippen LogP contribution >= 0.6 is 0 Å². The van der Waals surface area contributed by atoms with Crippen molar-refractivity contribution in [3.05, 3.63) is 30.1 Å².